The van der Waals surface area contributed by atoms with Crippen molar-refractivity contribution in [2.24, 2.45) is 5.73 Å². The fraction of sp³-hybridized carbons (Fsp3) is 0.310. The minimum absolute atomic E-state index is 0.0587. The highest BCUT2D eigenvalue weighted by molar-refractivity contribution is 7.18. The number of carbonyl (C=O) groups is 2. The van der Waals surface area contributed by atoms with Gasteiger partial charge in [0.1, 0.15) is 29.3 Å². The number of pyridine rings is 1. The lowest BCUT2D eigenvalue weighted by Gasteiger charge is -2.31. The molecule has 224 valence electrons. The monoisotopic (exact) mass is 634 g/mol. The maximum atomic E-state index is 14.6. The topological polar surface area (TPSA) is 127 Å². The lowest BCUT2D eigenvalue weighted by molar-refractivity contribution is -0.265. The zero-order valence-corrected chi connectivity index (χ0v) is 24.0. The molecule has 4 aromatic rings. The summed E-state index contributed by atoms with van der Waals surface area (Å²) in [6.07, 6.45) is -3.26. The number of hydrogen-bond donors (Lipinski definition) is 3. The Balaban J connectivity index is 1.39. The number of rotatable bonds is 7. The summed E-state index contributed by atoms with van der Waals surface area (Å²) in [5, 5.41) is 14.0. The Hall–Kier alpha value is -3.81. The van der Waals surface area contributed by atoms with Crippen molar-refractivity contribution in [3.8, 4) is 17.0 Å². The summed E-state index contributed by atoms with van der Waals surface area (Å²) < 4.78 is 64.2. The van der Waals surface area contributed by atoms with Crippen LogP contribution in [0, 0.1) is 5.82 Å². The number of amides is 2. The van der Waals surface area contributed by atoms with Crippen LogP contribution in [-0.2, 0) is 15.8 Å². The fourth-order valence-electron chi connectivity index (χ4n) is 4.87. The number of halogens is 5. The fourth-order valence-corrected chi connectivity index (χ4v) is 6.23. The lowest BCUT2D eigenvalue weighted by atomic mass is 9.81. The largest absolute Gasteiger partial charge is 0.489 e. The van der Waals surface area contributed by atoms with Crippen molar-refractivity contribution in [1.29, 1.82) is 0 Å². The van der Waals surface area contributed by atoms with Crippen LogP contribution in [0.15, 0.2) is 42.5 Å². The number of thiazole rings is 1. The van der Waals surface area contributed by atoms with Crippen LogP contribution in [0.1, 0.15) is 52.3 Å². The van der Waals surface area contributed by atoms with Gasteiger partial charge >= 0.3 is 6.18 Å². The quantitative estimate of drug-likeness (QED) is 0.236. The summed E-state index contributed by atoms with van der Waals surface area (Å²) >= 11 is 7.35. The number of hydrogen-bond acceptors (Lipinski definition) is 7. The number of primary amides is 1. The molecule has 1 fully saturated rings. The summed E-state index contributed by atoms with van der Waals surface area (Å²) in [5.41, 5.74) is -0.0837. The van der Waals surface area contributed by atoms with Crippen LogP contribution in [-0.4, -0.2) is 46.2 Å². The number of fused-ring (bicyclic) bond motifs is 2. The van der Waals surface area contributed by atoms with Crippen molar-refractivity contribution in [3.63, 3.8) is 0 Å². The van der Waals surface area contributed by atoms with Crippen LogP contribution >= 0.6 is 22.9 Å². The Morgan fingerprint density at radius 1 is 1.19 bits per heavy atom. The SMILES string of the molecule is C[C@]1(C(N)=O)COc2c1cc(C(O)(CNC(=O)c1ccc3nc(C4CC4)sc3c1)C(F)(F)F)nc2-c1ccc(F)c(Cl)c1. The molecule has 4 N–H and O–H groups in total. The summed E-state index contributed by atoms with van der Waals surface area (Å²) in [7, 11) is 0. The number of aromatic nitrogens is 2. The second-order valence-electron chi connectivity index (χ2n) is 10.9. The molecular formula is C29H23ClF4N4O4S. The van der Waals surface area contributed by atoms with E-state index in [0.29, 0.717) is 16.1 Å². The van der Waals surface area contributed by atoms with E-state index in [1.54, 1.807) is 12.1 Å². The van der Waals surface area contributed by atoms with E-state index in [2.05, 4.69) is 15.3 Å². The van der Waals surface area contributed by atoms with E-state index in [9.17, 15) is 32.3 Å². The van der Waals surface area contributed by atoms with Crippen LogP contribution in [0.25, 0.3) is 21.5 Å². The predicted octanol–water partition coefficient (Wildman–Crippen LogP) is 5.34. The Morgan fingerprint density at radius 3 is 2.58 bits per heavy atom. The van der Waals surface area contributed by atoms with Gasteiger partial charge in [0.2, 0.25) is 11.5 Å². The average molecular weight is 635 g/mol. The highest BCUT2D eigenvalue weighted by Crippen LogP contribution is 2.48. The standard InChI is InChI=1S/C29H23ClF4N4O4S/c1-27(26(35)40)12-42-23-16(27)10-21(38-22(23)14-4-6-18(31)17(30)8-14)28(41,29(32,33)34)11-36-24(39)15-5-7-19-20(9-15)43-25(37-19)13-2-3-13/h4-10,13,41H,2-3,11-12H2,1H3,(H2,35,40)(H,36,39)/t27-,28?/m0/s1. The molecule has 0 radical (unpaired) electrons. The normalized spacial score (nSPS) is 19.5. The molecule has 1 unspecified atom stereocenters. The third-order valence-corrected chi connectivity index (χ3v) is 9.27. The Bertz CT molecular complexity index is 1810. The van der Waals surface area contributed by atoms with Gasteiger partial charge in [-0.1, -0.05) is 11.6 Å². The van der Waals surface area contributed by atoms with E-state index in [1.165, 1.54) is 30.4 Å². The molecule has 1 aliphatic heterocycles. The van der Waals surface area contributed by atoms with E-state index in [1.807, 2.05) is 0 Å². The number of nitrogens with zero attached hydrogens (tertiary/aromatic N) is 2. The first kappa shape index (κ1) is 29.3. The summed E-state index contributed by atoms with van der Waals surface area (Å²) in [6.45, 7) is -0.244. The van der Waals surface area contributed by atoms with Crippen LogP contribution in [0.3, 0.4) is 0 Å². The molecule has 1 aliphatic carbocycles. The van der Waals surface area contributed by atoms with E-state index in [-0.39, 0.29) is 39.8 Å². The molecule has 2 aromatic carbocycles. The van der Waals surface area contributed by atoms with Crippen LogP contribution in [0.2, 0.25) is 5.02 Å². The van der Waals surface area contributed by atoms with Crippen molar-refractivity contribution in [3.05, 3.63) is 75.1 Å². The first-order valence-corrected chi connectivity index (χ1v) is 14.3. The molecule has 2 atom stereocenters. The summed E-state index contributed by atoms with van der Waals surface area (Å²) in [6, 6.07) is 8.84. The predicted molar refractivity (Wildman–Crippen MR) is 151 cm³/mol. The van der Waals surface area contributed by atoms with Crippen molar-refractivity contribution in [2.75, 3.05) is 13.2 Å². The number of alkyl halides is 3. The van der Waals surface area contributed by atoms with Gasteiger partial charge < -0.3 is 20.9 Å². The average Bonchev–Trinajstić information content (AvgIpc) is 3.63. The van der Waals surface area contributed by atoms with Gasteiger partial charge in [0.05, 0.1) is 32.5 Å². The highest BCUT2D eigenvalue weighted by atomic mass is 35.5. The Morgan fingerprint density at radius 2 is 1.93 bits per heavy atom. The van der Waals surface area contributed by atoms with Crippen molar-refractivity contribution in [2.45, 2.75) is 42.9 Å². The maximum Gasteiger partial charge on any atom is 0.424 e. The molecule has 0 bridgehead atoms. The zero-order valence-electron chi connectivity index (χ0n) is 22.4. The third kappa shape index (κ3) is 4.98. The third-order valence-electron chi connectivity index (χ3n) is 7.80. The number of aliphatic hydroxyl groups is 1. The molecule has 2 aromatic heterocycles. The molecule has 8 nitrogen and oxygen atoms in total. The van der Waals surface area contributed by atoms with Gasteiger partial charge in [-0.25, -0.2) is 14.4 Å². The molecule has 2 amide bonds. The number of ether oxygens (including phenoxy) is 1. The van der Waals surface area contributed by atoms with Crippen LogP contribution < -0.4 is 15.8 Å². The smallest absolute Gasteiger partial charge is 0.424 e. The molecule has 0 saturated heterocycles. The minimum Gasteiger partial charge on any atom is -0.489 e. The molecule has 2 aliphatic rings. The van der Waals surface area contributed by atoms with Gasteiger partial charge in [0, 0.05) is 22.6 Å². The summed E-state index contributed by atoms with van der Waals surface area (Å²) in [5.74, 6) is -2.20. The number of nitrogens with one attached hydrogen (secondary N) is 1. The first-order chi connectivity index (χ1) is 20.2. The molecule has 6 rings (SSSR count). The molecule has 43 heavy (non-hydrogen) atoms. The molecule has 14 heteroatoms. The van der Waals surface area contributed by atoms with E-state index in [4.69, 9.17) is 22.1 Å². The molecule has 1 saturated carbocycles. The first-order valence-electron chi connectivity index (χ1n) is 13.1. The van der Waals surface area contributed by atoms with E-state index < -0.39 is 47.1 Å². The summed E-state index contributed by atoms with van der Waals surface area (Å²) in [4.78, 5) is 34.1. The lowest BCUT2D eigenvalue weighted by Crippen LogP contribution is -2.51. The van der Waals surface area contributed by atoms with Crippen molar-refractivity contribution in [1.82, 2.24) is 15.3 Å². The number of nitrogens with two attached hydrogens (primary N) is 1. The minimum atomic E-state index is -5.34. The van der Waals surface area contributed by atoms with Crippen molar-refractivity contribution >= 4 is 45.0 Å². The van der Waals surface area contributed by atoms with Gasteiger partial charge in [-0.2, -0.15) is 13.2 Å². The second kappa shape index (κ2) is 10.1. The number of carbonyl (C=O) groups excluding carboxylic acids is 2. The second-order valence-corrected chi connectivity index (χ2v) is 12.4. The Labute approximate surface area is 250 Å². The zero-order chi connectivity index (χ0) is 30.9. The van der Waals surface area contributed by atoms with Gasteiger partial charge in [-0.05, 0) is 62.2 Å². The molecule has 0 spiro atoms. The van der Waals surface area contributed by atoms with Gasteiger partial charge in [-0.3, -0.25) is 9.59 Å². The number of benzene rings is 2. The maximum absolute atomic E-state index is 14.6. The van der Waals surface area contributed by atoms with Crippen LogP contribution in [0.4, 0.5) is 17.6 Å². The molecule has 3 heterocycles. The van der Waals surface area contributed by atoms with Gasteiger partial charge in [-0.15, -0.1) is 11.3 Å². The van der Waals surface area contributed by atoms with Gasteiger partial charge in [0.25, 0.3) is 5.91 Å². The Kier molecular flexibility index (Phi) is 6.90. The highest BCUT2D eigenvalue weighted by Gasteiger charge is 2.57. The van der Waals surface area contributed by atoms with Crippen LogP contribution in [0.5, 0.6) is 5.75 Å². The van der Waals surface area contributed by atoms with Gasteiger partial charge in [0.15, 0.2) is 0 Å². The van der Waals surface area contributed by atoms with E-state index >= 15 is 0 Å². The van der Waals surface area contributed by atoms with E-state index in [0.717, 1.165) is 36.0 Å². The molecular weight excluding hydrogens is 612 g/mol. The van der Waals surface area contributed by atoms with Crippen molar-refractivity contribution < 1.29 is 37.0 Å².